The highest BCUT2D eigenvalue weighted by molar-refractivity contribution is 5.92. The van der Waals surface area contributed by atoms with Crippen molar-refractivity contribution in [2.45, 2.75) is 64.1 Å². The molecule has 0 radical (unpaired) electrons. The molecule has 170 valence electrons. The summed E-state index contributed by atoms with van der Waals surface area (Å²) in [6.07, 6.45) is 4.94. The van der Waals surface area contributed by atoms with E-state index in [1.165, 1.54) is 11.1 Å². The second-order valence-corrected chi connectivity index (χ2v) is 9.74. The maximum absolute atomic E-state index is 13.0. The first kappa shape index (κ1) is 22.6. The van der Waals surface area contributed by atoms with Crippen molar-refractivity contribution in [3.63, 3.8) is 0 Å². The first-order valence-corrected chi connectivity index (χ1v) is 11.6. The van der Waals surface area contributed by atoms with Gasteiger partial charge in [0.2, 0.25) is 0 Å². The average Bonchev–Trinajstić information content (AvgIpc) is 3.38. The highest BCUT2D eigenvalue weighted by atomic mass is 16.6. The summed E-state index contributed by atoms with van der Waals surface area (Å²) >= 11 is 0. The van der Waals surface area contributed by atoms with Crippen molar-refractivity contribution in [2.75, 3.05) is 13.2 Å². The summed E-state index contributed by atoms with van der Waals surface area (Å²) in [6, 6.07) is 18.9. The molecule has 0 aliphatic heterocycles. The van der Waals surface area contributed by atoms with E-state index in [9.17, 15) is 9.90 Å². The Bertz CT molecular complexity index is 1050. The van der Waals surface area contributed by atoms with E-state index < -0.39 is 5.60 Å². The Morgan fingerprint density at radius 3 is 2.53 bits per heavy atom. The summed E-state index contributed by atoms with van der Waals surface area (Å²) in [4.78, 5) is 15.4. The number of aliphatic hydroxyl groups excluding tert-OH is 1. The number of hydrogen-bond acceptors (Lipinski definition) is 4. The highest BCUT2D eigenvalue weighted by Crippen LogP contribution is 2.42. The molecule has 0 amide bonds. The molecule has 0 unspecified atom stereocenters. The van der Waals surface area contributed by atoms with Gasteiger partial charge in [-0.1, -0.05) is 55.0 Å². The molecule has 1 aliphatic rings. The van der Waals surface area contributed by atoms with E-state index in [4.69, 9.17) is 4.74 Å². The molecule has 5 heteroatoms. The second-order valence-electron chi connectivity index (χ2n) is 9.74. The third-order valence-corrected chi connectivity index (χ3v) is 6.30. The minimum Gasteiger partial charge on any atom is -0.443 e. The van der Waals surface area contributed by atoms with Gasteiger partial charge in [-0.25, -0.2) is 4.79 Å². The Hall–Kier alpha value is -2.63. The van der Waals surface area contributed by atoms with Crippen molar-refractivity contribution in [3.8, 4) is 0 Å². The third-order valence-electron chi connectivity index (χ3n) is 6.30. The van der Waals surface area contributed by atoms with Crippen LogP contribution in [0.5, 0.6) is 0 Å². The predicted octanol–water partition coefficient (Wildman–Crippen LogP) is 5.56. The van der Waals surface area contributed by atoms with Crippen LogP contribution < -0.4 is 0 Å². The van der Waals surface area contributed by atoms with E-state index >= 15 is 0 Å². The normalized spacial score (nSPS) is 19.0. The molecule has 32 heavy (non-hydrogen) atoms. The molecule has 1 aromatic heterocycles. The van der Waals surface area contributed by atoms with E-state index in [-0.39, 0.29) is 12.7 Å². The standard InChI is InChI=1S/C27H34N2O3/c1-27(2,3)32-26(31)29-19-23(22-12-7-8-14-25(22)29)21-13-9-15-24(21)28(16-17-30)18-20-10-5-4-6-11-20/h4-8,10-12,14,19,21,24,30H,9,13,15-18H2,1-3H3/t21-,24+/m0/s1. The second kappa shape index (κ2) is 9.47. The lowest BCUT2D eigenvalue weighted by molar-refractivity contribution is 0.0544. The zero-order valence-electron chi connectivity index (χ0n) is 19.3. The van der Waals surface area contributed by atoms with Crippen LogP contribution in [0.1, 0.15) is 57.1 Å². The molecule has 5 nitrogen and oxygen atoms in total. The topological polar surface area (TPSA) is 54.7 Å². The van der Waals surface area contributed by atoms with Crippen LogP contribution in [0.2, 0.25) is 0 Å². The summed E-state index contributed by atoms with van der Waals surface area (Å²) in [5.74, 6) is 0.304. The summed E-state index contributed by atoms with van der Waals surface area (Å²) < 4.78 is 7.35. The lowest BCUT2D eigenvalue weighted by atomic mass is 9.92. The molecule has 4 rings (SSSR count). The van der Waals surface area contributed by atoms with E-state index in [0.29, 0.717) is 18.5 Å². The minimum atomic E-state index is -0.549. The average molecular weight is 435 g/mol. The number of aromatic nitrogens is 1. The number of hydrogen-bond donors (Lipinski definition) is 1. The number of para-hydroxylation sites is 1. The molecule has 1 fully saturated rings. The maximum atomic E-state index is 13.0. The molecule has 0 saturated heterocycles. The molecule has 0 bridgehead atoms. The van der Waals surface area contributed by atoms with Gasteiger partial charge in [0.05, 0.1) is 12.1 Å². The third kappa shape index (κ3) is 4.89. The summed E-state index contributed by atoms with van der Waals surface area (Å²) in [5, 5.41) is 10.9. The lowest BCUT2D eigenvalue weighted by Crippen LogP contribution is -2.38. The molecule has 3 aromatic rings. The Kier molecular flexibility index (Phi) is 6.68. The van der Waals surface area contributed by atoms with Crippen LogP contribution in [0.15, 0.2) is 60.8 Å². The van der Waals surface area contributed by atoms with Crippen LogP contribution in [0.25, 0.3) is 10.9 Å². The van der Waals surface area contributed by atoms with Crippen LogP contribution in [0.3, 0.4) is 0 Å². The number of aliphatic hydroxyl groups is 1. The molecule has 1 heterocycles. The maximum Gasteiger partial charge on any atom is 0.419 e. The van der Waals surface area contributed by atoms with Gasteiger partial charge < -0.3 is 9.84 Å². The molecule has 1 N–H and O–H groups in total. The lowest BCUT2D eigenvalue weighted by Gasteiger charge is -2.33. The summed E-state index contributed by atoms with van der Waals surface area (Å²) in [7, 11) is 0. The molecule has 0 spiro atoms. The number of ether oxygens (including phenoxy) is 1. The first-order valence-electron chi connectivity index (χ1n) is 11.6. The fourth-order valence-corrected chi connectivity index (χ4v) is 5.01. The van der Waals surface area contributed by atoms with E-state index in [1.807, 2.05) is 51.2 Å². The van der Waals surface area contributed by atoms with Crippen molar-refractivity contribution in [3.05, 3.63) is 71.9 Å². The Balaban J connectivity index is 1.68. The van der Waals surface area contributed by atoms with Gasteiger partial charge in [-0.15, -0.1) is 0 Å². The minimum absolute atomic E-state index is 0.135. The Morgan fingerprint density at radius 2 is 1.81 bits per heavy atom. The highest BCUT2D eigenvalue weighted by Gasteiger charge is 2.35. The number of benzene rings is 2. The number of nitrogens with zero attached hydrogens (tertiary/aromatic N) is 2. The van der Waals surface area contributed by atoms with Crippen LogP contribution in [-0.2, 0) is 11.3 Å². The van der Waals surface area contributed by atoms with Crippen molar-refractivity contribution in [2.24, 2.45) is 0 Å². The SMILES string of the molecule is CC(C)(C)OC(=O)n1cc([C@@H]2CCC[C@H]2N(CCO)Cc2ccccc2)c2ccccc21. The molecule has 2 aromatic carbocycles. The zero-order chi connectivity index (χ0) is 22.7. The fourth-order valence-electron chi connectivity index (χ4n) is 5.01. The smallest absolute Gasteiger partial charge is 0.419 e. The van der Waals surface area contributed by atoms with Gasteiger partial charge in [0, 0.05) is 36.6 Å². The molecular formula is C27H34N2O3. The van der Waals surface area contributed by atoms with Crippen molar-refractivity contribution in [1.29, 1.82) is 0 Å². The Labute approximate surface area is 190 Å². The van der Waals surface area contributed by atoms with Crippen LogP contribution in [0, 0.1) is 0 Å². The van der Waals surface area contributed by atoms with E-state index in [2.05, 4.69) is 35.2 Å². The van der Waals surface area contributed by atoms with E-state index in [1.54, 1.807) is 4.57 Å². The monoisotopic (exact) mass is 434 g/mol. The van der Waals surface area contributed by atoms with Gasteiger partial charge in [0.15, 0.2) is 0 Å². The quantitative estimate of drug-likeness (QED) is 0.552. The number of carbonyl (C=O) groups is 1. The molecular weight excluding hydrogens is 400 g/mol. The van der Waals surface area contributed by atoms with Crippen molar-refractivity contribution in [1.82, 2.24) is 9.47 Å². The zero-order valence-corrected chi connectivity index (χ0v) is 19.3. The van der Waals surface area contributed by atoms with Crippen molar-refractivity contribution < 1.29 is 14.6 Å². The first-order chi connectivity index (χ1) is 15.4. The van der Waals surface area contributed by atoms with Gasteiger partial charge in [-0.2, -0.15) is 0 Å². The van der Waals surface area contributed by atoms with Crippen LogP contribution in [-0.4, -0.2) is 45.5 Å². The molecule has 1 saturated carbocycles. The van der Waals surface area contributed by atoms with Crippen molar-refractivity contribution >= 4 is 17.0 Å². The van der Waals surface area contributed by atoms with Gasteiger partial charge in [-0.05, 0) is 50.8 Å². The summed E-state index contributed by atoms with van der Waals surface area (Å²) in [5.41, 5.74) is 2.79. The van der Waals surface area contributed by atoms with Gasteiger partial charge in [0.25, 0.3) is 0 Å². The van der Waals surface area contributed by atoms with E-state index in [0.717, 1.165) is 36.7 Å². The van der Waals surface area contributed by atoms with Gasteiger partial charge in [0.1, 0.15) is 5.60 Å². The van der Waals surface area contributed by atoms with Gasteiger partial charge >= 0.3 is 6.09 Å². The van der Waals surface area contributed by atoms with Crippen LogP contribution >= 0.6 is 0 Å². The summed E-state index contributed by atoms with van der Waals surface area (Å²) in [6.45, 7) is 7.26. The molecule has 1 aliphatic carbocycles. The predicted molar refractivity (Wildman–Crippen MR) is 128 cm³/mol. The van der Waals surface area contributed by atoms with Crippen LogP contribution in [0.4, 0.5) is 4.79 Å². The number of rotatable bonds is 6. The number of carbonyl (C=O) groups excluding carboxylic acids is 1. The largest absolute Gasteiger partial charge is 0.443 e. The number of fused-ring (bicyclic) bond motifs is 1. The van der Waals surface area contributed by atoms with Gasteiger partial charge in [-0.3, -0.25) is 9.47 Å². The Morgan fingerprint density at radius 1 is 1.09 bits per heavy atom. The molecule has 2 atom stereocenters. The fraction of sp³-hybridized carbons (Fsp3) is 0.444.